The van der Waals surface area contributed by atoms with E-state index in [9.17, 15) is 13.2 Å². The molecule has 1 amide bonds. The molecule has 1 aromatic heterocycles. The number of pyridine rings is 1. The molecule has 0 aromatic carbocycles. The highest BCUT2D eigenvalue weighted by molar-refractivity contribution is 7.91. The second-order valence-corrected chi connectivity index (χ2v) is 6.82. The Kier molecular flexibility index (Phi) is 6.44. The van der Waals surface area contributed by atoms with E-state index in [-0.39, 0.29) is 24.0 Å². The van der Waals surface area contributed by atoms with Gasteiger partial charge in [-0.25, -0.2) is 13.4 Å². The van der Waals surface area contributed by atoms with Crippen molar-refractivity contribution >= 4 is 21.6 Å². The first-order valence-electron chi connectivity index (χ1n) is 6.67. The third kappa shape index (κ3) is 5.56. The largest absolute Gasteiger partial charge is 0.370 e. The fourth-order valence-corrected chi connectivity index (χ4v) is 2.19. The number of hydrogen-bond donors (Lipinski definition) is 2. The Morgan fingerprint density at radius 1 is 1.30 bits per heavy atom. The lowest BCUT2D eigenvalue weighted by Crippen LogP contribution is -2.29. The molecule has 20 heavy (non-hydrogen) atoms. The Morgan fingerprint density at radius 3 is 2.70 bits per heavy atom. The second kappa shape index (κ2) is 7.84. The zero-order valence-electron chi connectivity index (χ0n) is 11.8. The van der Waals surface area contributed by atoms with Gasteiger partial charge in [0.25, 0.3) is 5.91 Å². The predicted octanol–water partition coefficient (Wildman–Crippen LogP) is 1.07. The van der Waals surface area contributed by atoms with E-state index in [4.69, 9.17) is 0 Å². The lowest BCUT2D eigenvalue weighted by atomic mass is 10.2. The topological polar surface area (TPSA) is 88.2 Å². The molecule has 6 nitrogen and oxygen atoms in total. The second-order valence-electron chi connectivity index (χ2n) is 4.35. The summed E-state index contributed by atoms with van der Waals surface area (Å²) in [6.07, 6.45) is 2.52. The van der Waals surface area contributed by atoms with E-state index >= 15 is 0 Å². The maximum atomic E-state index is 11.9. The molecule has 1 heterocycles. The molecule has 0 spiro atoms. The van der Waals surface area contributed by atoms with Gasteiger partial charge in [0.1, 0.15) is 5.82 Å². The lowest BCUT2D eigenvalue weighted by molar-refractivity contribution is 0.0956. The van der Waals surface area contributed by atoms with Crippen LogP contribution in [0.3, 0.4) is 0 Å². The summed E-state index contributed by atoms with van der Waals surface area (Å²) in [4.78, 5) is 16.0. The first-order chi connectivity index (χ1) is 9.48. The van der Waals surface area contributed by atoms with Gasteiger partial charge in [0.05, 0.1) is 5.75 Å². The van der Waals surface area contributed by atoms with Crippen molar-refractivity contribution in [3.8, 4) is 0 Å². The SMILES string of the molecule is CCCNc1cc(C(=O)NCCS(=O)(=O)CC)ccn1. The maximum Gasteiger partial charge on any atom is 0.251 e. The number of aromatic nitrogens is 1. The highest BCUT2D eigenvalue weighted by Crippen LogP contribution is 2.06. The van der Waals surface area contributed by atoms with Crippen molar-refractivity contribution in [2.45, 2.75) is 20.3 Å². The Labute approximate surface area is 119 Å². The molecule has 0 atom stereocenters. The molecule has 0 aliphatic rings. The Bertz CT molecular complexity index is 544. The van der Waals surface area contributed by atoms with Crippen molar-refractivity contribution in [2.24, 2.45) is 0 Å². The van der Waals surface area contributed by atoms with E-state index in [1.54, 1.807) is 25.3 Å². The molecular formula is C13H21N3O3S. The van der Waals surface area contributed by atoms with Gasteiger partial charge in [-0.1, -0.05) is 13.8 Å². The third-order valence-corrected chi connectivity index (χ3v) is 4.42. The highest BCUT2D eigenvalue weighted by atomic mass is 32.2. The van der Waals surface area contributed by atoms with Gasteiger partial charge in [-0.3, -0.25) is 4.79 Å². The summed E-state index contributed by atoms with van der Waals surface area (Å²) < 4.78 is 22.6. The van der Waals surface area contributed by atoms with Crippen LogP contribution < -0.4 is 10.6 Å². The van der Waals surface area contributed by atoms with E-state index in [2.05, 4.69) is 15.6 Å². The van der Waals surface area contributed by atoms with Crippen molar-refractivity contribution in [3.63, 3.8) is 0 Å². The molecule has 7 heteroatoms. The standard InChI is InChI=1S/C13H21N3O3S/c1-3-6-14-12-10-11(5-7-15-12)13(17)16-8-9-20(18,19)4-2/h5,7,10H,3-4,6,8-9H2,1-2H3,(H,14,15)(H,16,17). The van der Waals surface area contributed by atoms with Gasteiger partial charge < -0.3 is 10.6 Å². The summed E-state index contributed by atoms with van der Waals surface area (Å²) in [5, 5.41) is 5.69. The van der Waals surface area contributed by atoms with E-state index in [1.165, 1.54) is 0 Å². The number of nitrogens with zero attached hydrogens (tertiary/aromatic N) is 1. The zero-order chi connectivity index (χ0) is 15.0. The molecule has 2 N–H and O–H groups in total. The molecule has 0 saturated carbocycles. The molecule has 0 radical (unpaired) electrons. The van der Waals surface area contributed by atoms with Gasteiger partial charge >= 0.3 is 0 Å². The van der Waals surface area contributed by atoms with E-state index in [0.717, 1.165) is 13.0 Å². The van der Waals surface area contributed by atoms with Gasteiger partial charge in [0.2, 0.25) is 0 Å². The minimum atomic E-state index is -3.06. The molecular weight excluding hydrogens is 278 g/mol. The number of anilines is 1. The predicted molar refractivity (Wildman–Crippen MR) is 79.7 cm³/mol. The number of sulfone groups is 1. The van der Waals surface area contributed by atoms with Crippen LogP contribution in [0.5, 0.6) is 0 Å². The molecule has 1 aromatic rings. The van der Waals surface area contributed by atoms with Gasteiger partial charge in [0.15, 0.2) is 9.84 Å². The van der Waals surface area contributed by atoms with E-state index < -0.39 is 9.84 Å². The van der Waals surface area contributed by atoms with Crippen LogP contribution in [0.1, 0.15) is 30.6 Å². The first kappa shape index (κ1) is 16.4. The van der Waals surface area contributed by atoms with Crippen molar-refractivity contribution in [3.05, 3.63) is 23.9 Å². The summed E-state index contributed by atoms with van der Waals surface area (Å²) in [5.41, 5.74) is 0.465. The summed E-state index contributed by atoms with van der Waals surface area (Å²) >= 11 is 0. The first-order valence-corrected chi connectivity index (χ1v) is 8.49. The number of hydrogen-bond acceptors (Lipinski definition) is 5. The third-order valence-electron chi connectivity index (χ3n) is 2.72. The molecule has 0 fully saturated rings. The minimum absolute atomic E-state index is 0.0404. The molecule has 112 valence electrons. The number of nitrogens with one attached hydrogen (secondary N) is 2. The average Bonchev–Trinajstić information content (AvgIpc) is 2.45. The normalized spacial score (nSPS) is 11.1. The van der Waals surface area contributed by atoms with E-state index in [0.29, 0.717) is 11.4 Å². The van der Waals surface area contributed by atoms with Gasteiger partial charge in [-0.2, -0.15) is 0 Å². The quantitative estimate of drug-likeness (QED) is 0.749. The van der Waals surface area contributed by atoms with Crippen LogP contribution in [-0.4, -0.2) is 43.9 Å². The minimum Gasteiger partial charge on any atom is -0.370 e. The van der Waals surface area contributed by atoms with Gasteiger partial charge in [-0.05, 0) is 18.6 Å². The number of carbonyl (C=O) groups excluding carboxylic acids is 1. The van der Waals surface area contributed by atoms with Crippen LogP contribution in [0.2, 0.25) is 0 Å². The monoisotopic (exact) mass is 299 g/mol. The molecule has 0 bridgehead atoms. The smallest absolute Gasteiger partial charge is 0.251 e. The van der Waals surface area contributed by atoms with Crippen molar-refractivity contribution in [1.82, 2.24) is 10.3 Å². The average molecular weight is 299 g/mol. The Morgan fingerprint density at radius 2 is 2.05 bits per heavy atom. The fourth-order valence-electron chi connectivity index (χ4n) is 1.49. The van der Waals surface area contributed by atoms with Crippen LogP contribution in [0.25, 0.3) is 0 Å². The van der Waals surface area contributed by atoms with Crippen LogP contribution >= 0.6 is 0 Å². The lowest BCUT2D eigenvalue weighted by Gasteiger charge is -2.07. The maximum absolute atomic E-state index is 11.9. The van der Waals surface area contributed by atoms with Crippen molar-refractivity contribution in [2.75, 3.05) is 29.9 Å². The molecule has 0 saturated heterocycles. The number of amides is 1. The van der Waals surface area contributed by atoms with Crippen LogP contribution in [0.4, 0.5) is 5.82 Å². The van der Waals surface area contributed by atoms with Crippen molar-refractivity contribution < 1.29 is 13.2 Å². The van der Waals surface area contributed by atoms with Gasteiger partial charge in [-0.15, -0.1) is 0 Å². The Hall–Kier alpha value is -1.63. The number of rotatable bonds is 8. The zero-order valence-corrected chi connectivity index (χ0v) is 12.7. The summed E-state index contributed by atoms with van der Waals surface area (Å²) in [6, 6.07) is 3.25. The molecule has 0 aliphatic heterocycles. The van der Waals surface area contributed by atoms with Crippen LogP contribution in [0, 0.1) is 0 Å². The molecule has 0 aliphatic carbocycles. The van der Waals surface area contributed by atoms with Crippen LogP contribution in [-0.2, 0) is 9.84 Å². The summed E-state index contributed by atoms with van der Waals surface area (Å²) in [5.74, 6) is 0.392. The summed E-state index contributed by atoms with van der Waals surface area (Å²) in [6.45, 7) is 4.53. The van der Waals surface area contributed by atoms with E-state index in [1.807, 2.05) is 6.92 Å². The molecule has 1 rings (SSSR count). The fraction of sp³-hybridized carbons (Fsp3) is 0.538. The van der Waals surface area contributed by atoms with Crippen LogP contribution in [0.15, 0.2) is 18.3 Å². The number of carbonyl (C=O) groups is 1. The summed E-state index contributed by atoms with van der Waals surface area (Å²) in [7, 11) is -3.06. The molecule has 0 unspecified atom stereocenters. The Balaban J connectivity index is 2.55. The highest BCUT2D eigenvalue weighted by Gasteiger charge is 2.10. The van der Waals surface area contributed by atoms with Gasteiger partial charge in [0, 0.05) is 30.6 Å². The van der Waals surface area contributed by atoms with Crippen molar-refractivity contribution in [1.29, 1.82) is 0 Å².